The number of hydrogen-bond donors (Lipinski definition) is 1. The summed E-state index contributed by atoms with van der Waals surface area (Å²) in [6.07, 6.45) is 1.13. The average Bonchev–Trinajstić information content (AvgIpc) is 2.70. The highest BCUT2D eigenvalue weighted by molar-refractivity contribution is 7.17. The van der Waals surface area contributed by atoms with E-state index in [-0.39, 0.29) is 18.4 Å². The van der Waals surface area contributed by atoms with Crippen molar-refractivity contribution in [2.75, 3.05) is 0 Å². The van der Waals surface area contributed by atoms with Crippen LogP contribution in [0.25, 0.3) is 10.1 Å². The van der Waals surface area contributed by atoms with Crippen LogP contribution in [0.5, 0.6) is 0 Å². The Bertz CT molecular complexity index is 452. The van der Waals surface area contributed by atoms with E-state index in [9.17, 15) is 0 Å². The molecule has 2 N–H and O–H groups in total. The zero-order valence-corrected chi connectivity index (χ0v) is 11.3. The molecule has 0 spiro atoms. The summed E-state index contributed by atoms with van der Waals surface area (Å²) in [7, 11) is 0. The van der Waals surface area contributed by atoms with E-state index in [0.717, 1.165) is 6.42 Å². The molecular weight excluding hydrogens is 238 g/mol. The Morgan fingerprint density at radius 2 is 2.00 bits per heavy atom. The van der Waals surface area contributed by atoms with Gasteiger partial charge in [-0.25, -0.2) is 0 Å². The van der Waals surface area contributed by atoms with Crippen LogP contribution in [0.3, 0.4) is 0 Å². The summed E-state index contributed by atoms with van der Waals surface area (Å²) in [5.41, 5.74) is 7.58. The maximum atomic E-state index is 6.27. The van der Waals surface area contributed by atoms with Crippen molar-refractivity contribution < 1.29 is 0 Å². The number of fused-ring (bicyclic) bond motifs is 1. The van der Waals surface area contributed by atoms with E-state index in [1.54, 1.807) is 11.3 Å². The number of rotatable bonds is 3. The fraction of sp³-hybridized carbons (Fsp3) is 0.385. The quantitative estimate of drug-likeness (QED) is 0.866. The number of halogens is 1. The Morgan fingerprint density at radius 1 is 1.31 bits per heavy atom. The maximum Gasteiger partial charge on any atom is 0.0346 e. The van der Waals surface area contributed by atoms with Gasteiger partial charge in [0.05, 0.1) is 0 Å². The van der Waals surface area contributed by atoms with Gasteiger partial charge in [0.15, 0.2) is 0 Å². The molecule has 2 aromatic rings. The molecule has 0 amide bonds. The summed E-state index contributed by atoms with van der Waals surface area (Å²) in [6.45, 7) is 4.41. The molecule has 0 aliphatic carbocycles. The van der Waals surface area contributed by atoms with Crippen LogP contribution >= 0.6 is 23.7 Å². The lowest BCUT2D eigenvalue weighted by Crippen LogP contribution is -2.17. The number of nitrogens with two attached hydrogens (primary N) is 1. The molecule has 0 bridgehead atoms. The Hall–Kier alpha value is -0.570. The topological polar surface area (TPSA) is 26.0 Å². The summed E-state index contributed by atoms with van der Waals surface area (Å²) in [6, 6.07) is 8.67. The monoisotopic (exact) mass is 255 g/mol. The lowest BCUT2D eigenvalue weighted by atomic mass is 9.93. The highest BCUT2D eigenvalue weighted by atomic mass is 35.5. The largest absolute Gasteiger partial charge is 0.324 e. The Morgan fingerprint density at radius 3 is 2.69 bits per heavy atom. The van der Waals surface area contributed by atoms with E-state index in [2.05, 4.69) is 43.5 Å². The predicted octanol–water partition coefficient (Wildman–Crippen LogP) is 4.37. The van der Waals surface area contributed by atoms with Gasteiger partial charge in [0.25, 0.3) is 0 Å². The molecule has 16 heavy (non-hydrogen) atoms. The number of thiophene rings is 1. The summed E-state index contributed by atoms with van der Waals surface area (Å²) in [4.78, 5) is 0. The fourth-order valence-electron chi connectivity index (χ4n) is 1.82. The van der Waals surface area contributed by atoms with Gasteiger partial charge in [0, 0.05) is 10.7 Å². The second-order valence-corrected chi connectivity index (χ2v) is 5.01. The molecule has 2 atom stereocenters. The number of hydrogen-bond acceptors (Lipinski definition) is 2. The normalized spacial score (nSPS) is 14.4. The van der Waals surface area contributed by atoms with Crippen LogP contribution in [-0.2, 0) is 0 Å². The van der Waals surface area contributed by atoms with E-state index in [0.29, 0.717) is 5.92 Å². The SMILES string of the molecule is CCC(C)[C@H](N)c1csc2ccccc12.Cl. The molecular formula is C13H18ClNS. The Balaban J connectivity index is 0.00000128. The molecule has 1 aromatic carbocycles. The fourth-order valence-corrected chi connectivity index (χ4v) is 2.82. The zero-order chi connectivity index (χ0) is 10.8. The molecule has 3 heteroatoms. The van der Waals surface area contributed by atoms with Crippen LogP contribution in [-0.4, -0.2) is 0 Å². The van der Waals surface area contributed by atoms with Gasteiger partial charge in [-0.3, -0.25) is 0 Å². The molecule has 2 rings (SSSR count). The minimum absolute atomic E-state index is 0. The van der Waals surface area contributed by atoms with Crippen molar-refractivity contribution in [3.63, 3.8) is 0 Å². The van der Waals surface area contributed by atoms with Crippen molar-refractivity contribution in [2.24, 2.45) is 11.7 Å². The highest BCUT2D eigenvalue weighted by Gasteiger charge is 2.16. The molecule has 0 radical (unpaired) electrons. The van der Waals surface area contributed by atoms with Crippen LogP contribution < -0.4 is 5.73 Å². The first-order chi connectivity index (χ1) is 7.24. The van der Waals surface area contributed by atoms with Crippen LogP contribution in [0, 0.1) is 5.92 Å². The summed E-state index contributed by atoms with van der Waals surface area (Å²) in [5.74, 6) is 0.544. The van der Waals surface area contributed by atoms with Gasteiger partial charge < -0.3 is 5.73 Å². The molecule has 0 saturated carbocycles. The van der Waals surface area contributed by atoms with Gasteiger partial charge in [-0.1, -0.05) is 38.5 Å². The Kier molecular flexibility index (Phi) is 4.78. The molecule has 1 aromatic heterocycles. The lowest BCUT2D eigenvalue weighted by Gasteiger charge is -2.17. The van der Waals surface area contributed by atoms with Crippen LogP contribution in [0.1, 0.15) is 31.9 Å². The van der Waals surface area contributed by atoms with Crippen LogP contribution in [0.15, 0.2) is 29.6 Å². The minimum atomic E-state index is 0. The van der Waals surface area contributed by atoms with E-state index in [1.807, 2.05) is 0 Å². The van der Waals surface area contributed by atoms with Crippen LogP contribution in [0.2, 0.25) is 0 Å². The van der Waals surface area contributed by atoms with Crippen molar-refractivity contribution >= 4 is 33.8 Å². The average molecular weight is 256 g/mol. The van der Waals surface area contributed by atoms with E-state index in [4.69, 9.17) is 5.73 Å². The molecule has 1 unspecified atom stereocenters. The molecule has 0 aliphatic heterocycles. The molecule has 0 aliphatic rings. The first kappa shape index (κ1) is 13.5. The third-order valence-electron chi connectivity index (χ3n) is 3.13. The van der Waals surface area contributed by atoms with Gasteiger partial charge in [-0.15, -0.1) is 23.7 Å². The molecule has 0 fully saturated rings. The van der Waals surface area contributed by atoms with E-state index < -0.39 is 0 Å². The zero-order valence-electron chi connectivity index (χ0n) is 9.64. The third-order valence-corrected chi connectivity index (χ3v) is 4.11. The maximum absolute atomic E-state index is 6.27. The van der Waals surface area contributed by atoms with Crippen molar-refractivity contribution in [3.05, 3.63) is 35.2 Å². The second kappa shape index (κ2) is 5.67. The summed E-state index contributed by atoms with van der Waals surface area (Å²) < 4.78 is 1.34. The highest BCUT2D eigenvalue weighted by Crippen LogP contribution is 2.32. The first-order valence-corrected chi connectivity index (χ1v) is 6.33. The molecule has 1 heterocycles. The van der Waals surface area contributed by atoms with Gasteiger partial charge >= 0.3 is 0 Å². The second-order valence-electron chi connectivity index (χ2n) is 4.10. The van der Waals surface area contributed by atoms with Crippen molar-refractivity contribution in [2.45, 2.75) is 26.3 Å². The van der Waals surface area contributed by atoms with Gasteiger partial charge in [0.1, 0.15) is 0 Å². The van der Waals surface area contributed by atoms with E-state index in [1.165, 1.54) is 15.6 Å². The molecule has 88 valence electrons. The minimum Gasteiger partial charge on any atom is -0.324 e. The van der Waals surface area contributed by atoms with Gasteiger partial charge in [-0.05, 0) is 28.3 Å². The van der Waals surface area contributed by atoms with Crippen molar-refractivity contribution in [3.8, 4) is 0 Å². The van der Waals surface area contributed by atoms with Gasteiger partial charge in [-0.2, -0.15) is 0 Å². The first-order valence-electron chi connectivity index (χ1n) is 5.45. The van der Waals surface area contributed by atoms with E-state index >= 15 is 0 Å². The van der Waals surface area contributed by atoms with Gasteiger partial charge in [0.2, 0.25) is 0 Å². The standard InChI is InChI=1S/C13H17NS.ClH/c1-3-9(2)13(14)11-8-15-12-7-5-4-6-10(11)12;/h4-9,13H,3,14H2,1-2H3;1H/t9?,13-;/m0./s1. The molecule has 1 nitrogen and oxygen atoms in total. The molecule has 0 saturated heterocycles. The van der Waals surface area contributed by atoms with Crippen molar-refractivity contribution in [1.29, 1.82) is 0 Å². The third kappa shape index (κ3) is 2.40. The summed E-state index contributed by atoms with van der Waals surface area (Å²) in [5, 5.41) is 3.54. The number of benzene rings is 1. The summed E-state index contributed by atoms with van der Waals surface area (Å²) >= 11 is 1.79. The van der Waals surface area contributed by atoms with Crippen LogP contribution in [0.4, 0.5) is 0 Å². The predicted molar refractivity (Wildman–Crippen MR) is 75.5 cm³/mol. The van der Waals surface area contributed by atoms with Crippen molar-refractivity contribution in [1.82, 2.24) is 0 Å². The Labute approximate surface area is 107 Å². The smallest absolute Gasteiger partial charge is 0.0346 e. The lowest BCUT2D eigenvalue weighted by molar-refractivity contribution is 0.460.